The zero-order chi connectivity index (χ0) is 19.7. The van der Waals surface area contributed by atoms with E-state index in [1.807, 2.05) is 54.6 Å². The maximum Gasteiger partial charge on any atom is 0.397 e. The van der Waals surface area contributed by atoms with Crippen molar-refractivity contribution < 1.29 is 14.3 Å². The van der Waals surface area contributed by atoms with E-state index in [-0.39, 0.29) is 12.3 Å². The first-order valence-corrected chi connectivity index (χ1v) is 8.80. The van der Waals surface area contributed by atoms with Gasteiger partial charge in [0.15, 0.2) is 0 Å². The number of rotatable bonds is 3. The molecule has 0 bridgehead atoms. The van der Waals surface area contributed by atoms with Crippen LogP contribution in [0.1, 0.15) is 6.92 Å². The quantitative estimate of drug-likeness (QED) is 0.378. The van der Waals surface area contributed by atoms with Crippen LogP contribution in [0.3, 0.4) is 0 Å². The summed E-state index contributed by atoms with van der Waals surface area (Å²) < 4.78 is 4.73. The summed E-state index contributed by atoms with van der Waals surface area (Å²) >= 11 is 0. The number of aromatic amines is 2. The number of ether oxygens (including phenoxy) is 1. The second-order valence-electron chi connectivity index (χ2n) is 6.17. The highest BCUT2D eigenvalue weighted by molar-refractivity contribution is 6.37. The van der Waals surface area contributed by atoms with Crippen molar-refractivity contribution in [2.75, 3.05) is 11.9 Å². The minimum atomic E-state index is -1.04. The molecule has 140 valence electrons. The van der Waals surface area contributed by atoms with Gasteiger partial charge in [0, 0.05) is 16.5 Å². The van der Waals surface area contributed by atoms with Crippen LogP contribution < -0.4 is 10.9 Å². The molecule has 0 spiro atoms. The molecular weight excluding hydrogens is 358 g/mol. The molecule has 0 atom stereocenters. The topological polar surface area (TPSA) is 104 Å². The Kier molecular flexibility index (Phi) is 4.41. The molecule has 0 unspecified atom stereocenters. The number of hydrogen-bond acceptors (Lipinski definition) is 4. The third kappa shape index (κ3) is 2.92. The van der Waals surface area contributed by atoms with E-state index in [2.05, 4.69) is 15.3 Å². The number of para-hydroxylation sites is 1. The molecule has 4 rings (SSSR count). The number of amides is 1. The molecule has 0 aliphatic heterocycles. The number of carbonyl (C=O) groups excluding carboxylic acids is 2. The van der Waals surface area contributed by atoms with Crippen LogP contribution in [-0.2, 0) is 14.3 Å². The standard InChI is InChI=1S/C21H17N3O4/c1-2-28-21(27)20(26)24-18-15(12-8-4-3-5-9-12)17-16(23-19(18)25)13-10-6-7-11-14(13)22-17/h3-11,22H,2H2,1H3,(H,23,25)(H,24,26). The van der Waals surface area contributed by atoms with Crippen molar-refractivity contribution in [3.8, 4) is 11.1 Å². The van der Waals surface area contributed by atoms with Gasteiger partial charge in [-0.3, -0.25) is 9.59 Å². The average Bonchev–Trinajstić information content (AvgIpc) is 3.07. The molecule has 2 heterocycles. The van der Waals surface area contributed by atoms with Crippen LogP contribution in [0.25, 0.3) is 33.1 Å². The number of pyridine rings is 1. The zero-order valence-electron chi connectivity index (χ0n) is 15.0. The van der Waals surface area contributed by atoms with Gasteiger partial charge < -0.3 is 20.0 Å². The van der Waals surface area contributed by atoms with Crippen molar-refractivity contribution in [3.63, 3.8) is 0 Å². The number of benzene rings is 2. The van der Waals surface area contributed by atoms with E-state index in [9.17, 15) is 14.4 Å². The van der Waals surface area contributed by atoms with Crippen molar-refractivity contribution in [3.05, 3.63) is 65.0 Å². The summed E-state index contributed by atoms with van der Waals surface area (Å²) in [5, 5.41) is 3.28. The van der Waals surface area contributed by atoms with Crippen LogP contribution in [0.15, 0.2) is 59.4 Å². The minimum absolute atomic E-state index is 0.0108. The van der Waals surface area contributed by atoms with Gasteiger partial charge in [-0.1, -0.05) is 48.5 Å². The molecule has 0 fully saturated rings. The van der Waals surface area contributed by atoms with Gasteiger partial charge in [0.2, 0.25) is 0 Å². The van der Waals surface area contributed by atoms with E-state index in [1.165, 1.54) is 0 Å². The monoisotopic (exact) mass is 375 g/mol. The zero-order valence-corrected chi connectivity index (χ0v) is 15.0. The molecule has 1 amide bonds. The van der Waals surface area contributed by atoms with Gasteiger partial charge in [0.05, 0.1) is 17.6 Å². The predicted octanol–water partition coefficient (Wildman–Crippen LogP) is 3.18. The van der Waals surface area contributed by atoms with Crippen LogP contribution in [0.5, 0.6) is 0 Å². The summed E-state index contributed by atoms with van der Waals surface area (Å²) in [6.07, 6.45) is 0. The molecule has 7 nitrogen and oxygen atoms in total. The summed E-state index contributed by atoms with van der Waals surface area (Å²) in [6.45, 7) is 1.67. The third-order valence-corrected chi connectivity index (χ3v) is 4.43. The Labute approximate surface area is 159 Å². The fourth-order valence-electron chi connectivity index (χ4n) is 3.25. The molecule has 0 aliphatic rings. The lowest BCUT2D eigenvalue weighted by Crippen LogP contribution is -2.28. The normalized spacial score (nSPS) is 10.9. The summed E-state index contributed by atoms with van der Waals surface area (Å²) in [5.41, 5.74) is 2.86. The summed E-state index contributed by atoms with van der Waals surface area (Å²) in [4.78, 5) is 42.9. The second-order valence-corrected chi connectivity index (χ2v) is 6.17. The Bertz CT molecular complexity index is 1260. The lowest BCUT2D eigenvalue weighted by Gasteiger charge is -2.11. The Hall–Kier alpha value is -3.87. The first kappa shape index (κ1) is 17.5. The molecule has 2 aromatic carbocycles. The van der Waals surface area contributed by atoms with E-state index in [1.54, 1.807) is 6.92 Å². The largest absolute Gasteiger partial charge is 0.459 e. The Balaban J connectivity index is 2.00. The first-order valence-electron chi connectivity index (χ1n) is 8.80. The highest BCUT2D eigenvalue weighted by Crippen LogP contribution is 2.35. The Morgan fingerprint density at radius 2 is 1.68 bits per heavy atom. The van der Waals surface area contributed by atoms with Crippen LogP contribution in [0, 0.1) is 0 Å². The Morgan fingerprint density at radius 3 is 2.43 bits per heavy atom. The fraction of sp³-hybridized carbons (Fsp3) is 0.0952. The van der Waals surface area contributed by atoms with Crippen LogP contribution in [0.2, 0.25) is 0 Å². The number of H-pyrrole nitrogens is 2. The van der Waals surface area contributed by atoms with Crippen molar-refractivity contribution in [2.45, 2.75) is 6.92 Å². The average molecular weight is 375 g/mol. The maximum absolute atomic E-state index is 12.8. The third-order valence-electron chi connectivity index (χ3n) is 4.43. The van der Waals surface area contributed by atoms with Gasteiger partial charge in [-0.05, 0) is 18.6 Å². The predicted molar refractivity (Wildman–Crippen MR) is 107 cm³/mol. The van der Waals surface area contributed by atoms with E-state index in [4.69, 9.17) is 4.74 Å². The summed E-state index contributed by atoms with van der Waals surface area (Å²) in [6, 6.07) is 16.8. The van der Waals surface area contributed by atoms with Gasteiger partial charge in [-0.15, -0.1) is 0 Å². The van der Waals surface area contributed by atoms with Crippen molar-refractivity contribution >= 4 is 39.5 Å². The van der Waals surface area contributed by atoms with Gasteiger partial charge >= 0.3 is 11.9 Å². The molecule has 0 radical (unpaired) electrons. The number of carbonyl (C=O) groups is 2. The Morgan fingerprint density at radius 1 is 0.964 bits per heavy atom. The highest BCUT2D eigenvalue weighted by Gasteiger charge is 2.22. The van der Waals surface area contributed by atoms with E-state index < -0.39 is 17.4 Å². The minimum Gasteiger partial charge on any atom is -0.459 e. The van der Waals surface area contributed by atoms with Gasteiger partial charge in [-0.2, -0.15) is 0 Å². The summed E-state index contributed by atoms with van der Waals surface area (Å²) in [5.74, 6) is -2.04. The van der Waals surface area contributed by atoms with Crippen molar-refractivity contribution in [2.24, 2.45) is 0 Å². The molecule has 4 aromatic rings. The van der Waals surface area contributed by atoms with Crippen LogP contribution in [-0.4, -0.2) is 28.5 Å². The SMILES string of the molecule is CCOC(=O)C(=O)Nc1c(-c2ccccc2)c2[nH]c3ccccc3c2[nH]c1=O. The van der Waals surface area contributed by atoms with Gasteiger partial charge in [0.25, 0.3) is 5.56 Å². The molecule has 0 aliphatic carbocycles. The molecule has 3 N–H and O–H groups in total. The lowest BCUT2D eigenvalue weighted by atomic mass is 10.0. The smallest absolute Gasteiger partial charge is 0.397 e. The van der Waals surface area contributed by atoms with Crippen molar-refractivity contribution in [1.29, 1.82) is 0 Å². The van der Waals surface area contributed by atoms with Gasteiger partial charge in [0.1, 0.15) is 5.69 Å². The molecule has 28 heavy (non-hydrogen) atoms. The number of anilines is 1. The number of fused-ring (bicyclic) bond motifs is 3. The van der Waals surface area contributed by atoms with Crippen LogP contribution >= 0.6 is 0 Å². The second kappa shape index (κ2) is 7.03. The van der Waals surface area contributed by atoms with E-state index in [0.717, 1.165) is 16.5 Å². The van der Waals surface area contributed by atoms with Gasteiger partial charge in [-0.25, -0.2) is 4.79 Å². The fourth-order valence-corrected chi connectivity index (χ4v) is 3.25. The first-order chi connectivity index (χ1) is 13.6. The highest BCUT2D eigenvalue weighted by atomic mass is 16.5. The van der Waals surface area contributed by atoms with Crippen LogP contribution in [0.4, 0.5) is 5.69 Å². The molecule has 0 saturated heterocycles. The molecule has 7 heteroatoms. The molecular formula is C21H17N3O4. The molecule has 2 aromatic heterocycles. The summed E-state index contributed by atoms with van der Waals surface area (Å²) in [7, 11) is 0. The maximum atomic E-state index is 12.8. The van der Waals surface area contributed by atoms with E-state index in [0.29, 0.717) is 16.6 Å². The van der Waals surface area contributed by atoms with Crippen molar-refractivity contribution in [1.82, 2.24) is 9.97 Å². The number of esters is 1. The number of hydrogen-bond donors (Lipinski definition) is 3. The molecule has 0 saturated carbocycles. The number of nitrogens with one attached hydrogen (secondary N) is 3. The van der Waals surface area contributed by atoms with E-state index >= 15 is 0 Å². The lowest BCUT2D eigenvalue weighted by molar-refractivity contribution is -0.152. The number of aromatic nitrogens is 2.